The molecule has 1 saturated heterocycles. The van der Waals surface area contributed by atoms with E-state index in [1.54, 1.807) is 0 Å². The summed E-state index contributed by atoms with van der Waals surface area (Å²) in [4.78, 5) is 6.89. The number of hydrogen-bond donors (Lipinski definition) is 1. The minimum Gasteiger partial charge on any atom is -0.368 e. The lowest BCUT2D eigenvalue weighted by atomic mass is 9.98. The van der Waals surface area contributed by atoms with Gasteiger partial charge >= 0.3 is 0 Å². The summed E-state index contributed by atoms with van der Waals surface area (Å²) in [7, 11) is 0. The standard InChI is InChI=1S/C14H23N3/c1-3-13-6-4-5-7-17(13)14-8-11(2)16-10-12(14)9-15/h8,10,13H,3-7,9,15H2,1-2H3. The van der Waals surface area contributed by atoms with Crippen LogP contribution >= 0.6 is 0 Å². The Balaban J connectivity index is 2.33. The molecule has 2 heterocycles. The third kappa shape index (κ3) is 2.60. The number of piperidine rings is 1. The van der Waals surface area contributed by atoms with Crippen molar-refractivity contribution in [2.24, 2.45) is 5.73 Å². The van der Waals surface area contributed by atoms with E-state index in [0.717, 1.165) is 12.2 Å². The zero-order valence-corrected chi connectivity index (χ0v) is 10.9. The van der Waals surface area contributed by atoms with Crippen LogP contribution in [0.3, 0.4) is 0 Å². The molecule has 1 aliphatic rings. The molecule has 2 rings (SSSR count). The summed E-state index contributed by atoms with van der Waals surface area (Å²) in [5, 5.41) is 0. The Kier molecular flexibility index (Phi) is 4.00. The van der Waals surface area contributed by atoms with Crippen LogP contribution in [0.2, 0.25) is 0 Å². The van der Waals surface area contributed by atoms with Gasteiger partial charge in [0.1, 0.15) is 0 Å². The predicted octanol–water partition coefficient (Wildman–Crippen LogP) is 2.62. The summed E-state index contributed by atoms with van der Waals surface area (Å²) in [6.07, 6.45) is 7.11. The van der Waals surface area contributed by atoms with E-state index in [1.807, 2.05) is 6.20 Å². The summed E-state index contributed by atoms with van der Waals surface area (Å²) in [6.45, 7) is 6.07. The molecule has 1 fully saturated rings. The molecular weight excluding hydrogens is 210 g/mol. The number of nitrogens with two attached hydrogens (primary N) is 1. The Bertz CT molecular complexity index is 376. The van der Waals surface area contributed by atoms with Gasteiger partial charge in [-0.1, -0.05) is 6.92 Å². The highest BCUT2D eigenvalue weighted by Crippen LogP contribution is 2.29. The summed E-state index contributed by atoms with van der Waals surface area (Å²) in [6, 6.07) is 2.87. The molecule has 1 unspecified atom stereocenters. The lowest BCUT2D eigenvalue weighted by molar-refractivity contribution is 0.449. The van der Waals surface area contributed by atoms with Gasteiger partial charge in [0.15, 0.2) is 0 Å². The van der Waals surface area contributed by atoms with E-state index in [1.165, 1.54) is 36.9 Å². The van der Waals surface area contributed by atoms with Gasteiger partial charge in [0.05, 0.1) is 0 Å². The van der Waals surface area contributed by atoms with Gasteiger partial charge < -0.3 is 10.6 Å². The minimum atomic E-state index is 0.579. The van der Waals surface area contributed by atoms with Crippen LogP contribution in [0.1, 0.15) is 43.9 Å². The summed E-state index contributed by atoms with van der Waals surface area (Å²) < 4.78 is 0. The fraction of sp³-hybridized carbons (Fsp3) is 0.643. The van der Waals surface area contributed by atoms with Crippen LogP contribution in [-0.4, -0.2) is 17.6 Å². The van der Waals surface area contributed by atoms with Crippen LogP contribution in [0.4, 0.5) is 5.69 Å². The lowest BCUT2D eigenvalue weighted by Crippen LogP contribution is -2.39. The average molecular weight is 233 g/mol. The van der Waals surface area contributed by atoms with E-state index in [4.69, 9.17) is 5.73 Å². The second-order valence-corrected chi connectivity index (χ2v) is 4.91. The van der Waals surface area contributed by atoms with Gasteiger partial charge in [0.2, 0.25) is 0 Å². The normalized spacial score (nSPS) is 20.6. The molecule has 17 heavy (non-hydrogen) atoms. The number of hydrogen-bond acceptors (Lipinski definition) is 3. The quantitative estimate of drug-likeness (QED) is 0.872. The lowest BCUT2D eigenvalue weighted by Gasteiger charge is -2.38. The van der Waals surface area contributed by atoms with Crippen LogP contribution in [0.5, 0.6) is 0 Å². The van der Waals surface area contributed by atoms with Crippen molar-refractivity contribution in [1.29, 1.82) is 0 Å². The van der Waals surface area contributed by atoms with Crippen LogP contribution in [0.25, 0.3) is 0 Å². The fourth-order valence-corrected chi connectivity index (χ4v) is 2.74. The minimum absolute atomic E-state index is 0.579. The number of nitrogens with zero attached hydrogens (tertiary/aromatic N) is 2. The van der Waals surface area contributed by atoms with E-state index in [9.17, 15) is 0 Å². The van der Waals surface area contributed by atoms with Gasteiger partial charge in [0, 0.05) is 42.3 Å². The fourth-order valence-electron chi connectivity index (χ4n) is 2.74. The first-order chi connectivity index (χ1) is 8.26. The van der Waals surface area contributed by atoms with E-state index in [2.05, 4.69) is 29.8 Å². The predicted molar refractivity (Wildman–Crippen MR) is 72.1 cm³/mol. The van der Waals surface area contributed by atoms with Gasteiger partial charge in [0.25, 0.3) is 0 Å². The molecule has 1 aromatic heterocycles. The molecule has 0 saturated carbocycles. The van der Waals surface area contributed by atoms with E-state index in [-0.39, 0.29) is 0 Å². The Labute approximate surface area is 104 Å². The smallest absolute Gasteiger partial charge is 0.0447 e. The molecule has 2 N–H and O–H groups in total. The second-order valence-electron chi connectivity index (χ2n) is 4.91. The van der Waals surface area contributed by atoms with Crippen molar-refractivity contribution < 1.29 is 0 Å². The van der Waals surface area contributed by atoms with E-state index < -0.39 is 0 Å². The molecule has 0 radical (unpaired) electrons. The SMILES string of the molecule is CCC1CCCCN1c1cc(C)ncc1CN. The highest BCUT2D eigenvalue weighted by atomic mass is 15.2. The van der Waals surface area contributed by atoms with Gasteiger partial charge in [-0.05, 0) is 38.7 Å². The topological polar surface area (TPSA) is 42.2 Å². The highest BCUT2D eigenvalue weighted by molar-refractivity contribution is 5.54. The zero-order valence-electron chi connectivity index (χ0n) is 10.9. The van der Waals surface area contributed by atoms with Crippen molar-refractivity contribution in [2.45, 2.75) is 52.1 Å². The Morgan fingerprint density at radius 2 is 2.29 bits per heavy atom. The average Bonchev–Trinajstić information content (AvgIpc) is 2.38. The molecule has 0 spiro atoms. The molecule has 94 valence electrons. The summed E-state index contributed by atoms with van der Waals surface area (Å²) in [5.41, 5.74) is 9.40. The maximum Gasteiger partial charge on any atom is 0.0447 e. The Hall–Kier alpha value is -1.09. The first-order valence-corrected chi connectivity index (χ1v) is 6.68. The molecule has 3 nitrogen and oxygen atoms in total. The zero-order chi connectivity index (χ0) is 12.3. The Morgan fingerprint density at radius 1 is 1.47 bits per heavy atom. The van der Waals surface area contributed by atoms with Crippen LogP contribution in [0, 0.1) is 6.92 Å². The molecule has 0 amide bonds. The maximum absolute atomic E-state index is 5.83. The van der Waals surface area contributed by atoms with Crippen molar-refractivity contribution in [3.05, 3.63) is 23.5 Å². The molecule has 3 heteroatoms. The molecular formula is C14H23N3. The van der Waals surface area contributed by atoms with Gasteiger partial charge in [-0.3, -0.25) is 4.98 Å². The Morgan fingerprint density at radius 3 is 3.00 bits per heavy atom. The van der Waals surface area contributed by atoms with Gasteiger partial charge in [-0.2, -0.15) is 0 Å². The number of rotatable bonds is 3. The molecule has 0 bridgehead atoms. The number of aryl methyl sites for hydroxylation is 1. The van der Waals surface area contributed by atoms with Gasteiger partial charge in [-0.15, -0.1) is 0 Å². The van der Waals surface area contributed by atoms with Crippen LogP contribution < -0.4 is 10.6 Å². The third-order valence-corrected chi connectivity index (χ3v) is 3.73. The van der Waals surface area contributed by atoms with Crippen LogP contribution in [-0.2, 0) is 6.54 Å². The number of aromatic nitrogens is 1. The van der Waals surface area contributed by atoms with Gasteiger partial charge in [-0.25, -0.2) is 0 Å². The molecule has 0 aliphatic carbocycles. The van der Waals surface area contributed by atoms with Crippen molar-refractivity contribution in [3.63, 3.8) is 0 Å². The number of anilines is 1. The van der Waals surface area contributed by atoms with Crippen molar-refractivity contribution in [2.75, 3.05) is 11.4 Å². The van der Waals surface area contributed by atoms with Crippen molar-refractivity contribution in [1.82, 2.24) is 4.98 Å². The molecule has 1 atom stereocenters. The van der Waals surface area contributed by atoms with Crippen molar-refractivity contribution in [3.8, 4) is 0 Å². The molecule has 1 aromatic rings. The van der Waals surface area contributed by atoms with Crippen LogP contribution in [0.15, 0.2) is 12.3 Å². The monoisotopic (exact) mass is 233 g/mol. The van der Waals surface area contributed by atoms with Crippen molar-refractivity contribution >= 4 is 5.69 Å². The first kappa shape index (κ1) is 12.4. The molecule has 1 aliphatic heterocycles. The summed E-state index contributed by atoms with van der Waals surface area (Å²) in [5.74, 6) is 0. The summed E-state index contributed by atoms with van der Waals surface area (Å²) >= 11 is 0. The van der Waals surface area contributed by atoms with E-state index >= 15 is 0 Å². The highest BCUT2D eigenvalue weighted by Gasteiger charge is 2.22. The maximum atomic E-state index is 5.83. The second kappa shape index (κ2) is 5.50. The first-order valence-electron chi connectivity index (χ1n) is 6.68. The molecule has 0 aromatic carbocycles. The number of pyridine rings is 1. The third-order valence-electron chi connectivity index (χ3n) is 3.73. The largest absolute Gasteiger partial charge is 0.368 e. The van der Waals surface area contributed by atoms with E-state index in [0.29, 0.717) is 12.6 Å².